The molecule has 204 valence electrons. The van der Waals surface area contributed by atoms with Gasteiger partial charge >= 0.3 is 0 Å². The fourth-order valence-electron chi connectivity index (χ4n) is 4.82. The molecule has 4 nitrogen and oxygen atoms in total. The summed E-state index contributed by atoms with van der Waals surface area (Å²) in [5, 5.41) is 20.7. The average Bonchev–Trinajstić information content (AvgIpc) is 3.05. The Morgan fingerprint density at radius 2 is 0.767 bits per heavy atom. The normalized spacial score (nSPS) is 11.1. The number of para-hydroxylation sites is 2. The Morgan fingerprint density at radius 3 is 1.16 bits per heavy atom. The van der Waals surface area contributed by atoms with Gasteiger partial charge in [0.15, 0.2) is 0 Å². The van der Waals surface area contributed by atoms with Crippen molar-refractivity contribution in [1.29, 1.82) is 0 Å². The summed E-state index contributed by atoms with van der Waals surface area (Å²) in [5.74, 6) is 0.337. The first kappa shape index (κ1) is 29.4. The fraction of sp³-hybridized carbons (Fsp3) is 0. The molecule has 0 heterocycles. The number of nitrogens with zero attached hydrogens (tertiary/aromatic N) is 2. The molecule has 2 N–H and O–H groups in total. The van der Waals surface area contributed by atoms with Crippen molar-refractivity contribution in [2.75, 3.05) is 0 Å². The maximum absolute atomic E-state index is 10.4. The Morgan fingerprint density at radius 1 is 0.395 bits per heavy atom. The molecular weight excluding hydrogens is 582 g/mol. The molecule has 0 unspecified atom stereocenters. The molecule has 0 bridgehead atoms. The first-order chi connectivity index (χ1) is 20.7. The van der Waals surface area contributed by atoms with Crippen molar-refractivity contribution in [2.24, 2.45) is 9.98 Å². The molecule has 6 aromatic rings. The van der Waals surface area contributed by atoms with E-state index in [-0.39, 0.29) is 31.0 Å². The van der Waals surface area contributed by atoms with Gasteiger partial charge in [0.2, 0.25) is 0 Å². The number of aromatic hydroxyl groups is 2. The van der Waals surface area contributed by atoms with Gasteiger partial charge in [-0.2, -0.15) is 0 Å². The molecule has 0 fully saturated rings. The SMILES string of the molecule is Oc1ccccc1C=Nc1cc(-c2ccccc2)ccc1-c1ccc(-c2ccccc2)cc1N=Cc1ccccc1O.[Zn]. The fourth-order valence-corrected chi connectivity index (χ4v) is 4.82. The van der Waals surface area contributed by atoms with Crippen LogP contribution in [0.15, 0.2) is 156 Å². The van der Waals surface area contributed by atoms with Crippen LogP contribution < -0.4 is 0 Å². The van der Waals surface area contributed by atoms with Crippen LogP contribution in [0.1, 0.15) is 11.1 Å². The van der Waals surface area contributed by atoms with Crippen LogP contribution in [0.25, 0.3) is 33.4 Å². The van der Waals surface area contributed by atoms with Crippen LogP contribution >= 0.6 is 0 Å². The Bertz CT molecular complexity index is 1760. The van der Waals surface area contributed by atoms with Crippen molar-refractivity contribution in [1.82, 2.24) is 0 Å². The minimum absolute atomic E-state index is 0. The monoisotopic (exact) mass is 608 g/mol. The molecule has 0 saturated heterocycles. The van der Waals surface area contributed by atoms with Gasteiger partial charge in [-0.15, -0.1) is 0 Å². The molecule has 0 aliphatic heterocycles. The topological polar surface area (TPSA) is 65.2 Å². The number of hydrogen-bond donors (Lipinski definition) is 2. The van der Waals surface area contributed by atoms with Crippen molar-refractivity contribution >= 4 is 23.8 Å². The summed E-state index contributed by atoms with van der Waals surface area (Å²) in [6.45, 7) is 0. The Kier molecular flexibility index (Phi) is 9.36. The summed E-state index contributed by atoms with van der Waals surface area (Å²) in [5.41, 5.74) is 8.76. The van der Waals surface area contributed by atoms with Gasteiger partial charge in [0.1, 0.15) is 11.5 Å². The van der Waals surface area contributed by atoms with Crippen molar-refractivity contribution < 1.29 is 29.7 Å². The van der Waals surface area contributed by atoms with Gasteiger partial charge in [-0.25, -0.2) is 0 Å². The van der Waals surface area contributed by atoms with E-state index in [4.69, 9.17) is 9.98 Å². The van der Waals surface area contributed by atoms with E-state index in [1.165, 1.54) is 0 Å². The van der Waals surface area contributed by atoms with E-state index in [1.807, 2.05) is 60.7 Å². The van der Waals surface area contributed by atoms with Crippen molar-refractivity contribution in [3.8, 4) is 44.9 Å². The van der Waals surface area contributed by atoms with Gasteiger partial charge in [-0.05, 0) is 58.7 Å². The largest absolute Gasteiger partial charge is 0.507 e. The molecule has 6 aromatic carbocycles. The number of rotatable bonds is 7. The van der Waals surface area contributed by atoms with Crippen molar-refractivity contribution in [3.63, 3.8) is 0 Å². The molecule has 0 radical (unpaired) electrons. The number of aliphatic imine (C=N–C) groups is 2. The van der Waals surface area contributed by atoms with Crippen LogP contribution in [0.5, 0.6) is 11.5 Å². The standard InChI is InChI=1S/C38H28N2O2.Zn/c41-37-17-9-7-15-31(37)25-39-35-23-29(27-11-3-1-4-12-27)19-21-33(35)34-22-20-30(28-13-5-2-6-14-28)24-36(34)40-26-32-16-8-10-18-38(32)42;/h1-26,41-42H;. The Balaban J connectivity index is 0.00000368. The maximum Gasteiger partial charge on any atom is 0.124 e. The summed E-state index contributed by atoms with van der Waals surface area (Å²) >= 11 is 0. The number of phenols is 2. The maximum atomic E-state index is 10.4. The van der Waals surface area contributed by atoms with Crippen molar-refractivity contribution in [3.05, 3.63) is 157 Å². The van der Waals surface area contributed by atoms with E-state index in [1.54, 1.807) is 36.7 Å². The van der Waals surface area contributed by atoms with Crippen LogP contribution in [0.4, 0.5) is 11.4 Å². The second kappa shape index (κ2) is 13.7. The average molecular weight is 610 g/mol. The third-order valence-corrected chi connectivity index (χ3v) is 7.06. The molecule has 0 aromatic heterocycles. The van der Waals surface area contributed by atoms with Gasteiger partial charge in [0, 0.05) is 54.2 Å². The Labute approximate surface area is 264 Å². The molecule has 6 rings (SSSR count). The molecular formula is C38H28N2O2Zn. The molecule has 0 amide bonds. The van der Waals surface area contributed by atoms with E-state index in [0.717, 1.165) is 44.8 Å². The number of hydrogen-bond acceptors (Lipinski definition) is 4. The third kappa shape index (κ3) is 6.86. The molecule has 0 aliphatic carbocycles. The summed E-state index contributed by atoms with van der Waals surface area (Å²) < 4.78 is 0. The first-order valence-corrected chi connectivity index (χ1v) is 13.7. The van der Waals surface area contributed by atoms with Crippen LogP contribution in [0, 0.1) is 0 Å². The van der Waals surface area contributed by atoms with Gasteiger partial charge in [0.25, 0.3) is 0 Å². The van der Waals surface area contributed by atoms with E-state index in [0.29, 0.717) is 11.1 Å². The third-order valence-electron chi connectivity index (χ3n) is 7.06. The molecule has 43 heavy (non-hydrogen) atoms. The summed E-state index contributed by atoms with van der Waals surface area (Å²) in [7, 11) is 0. The first-order valence-electron chi connectivity index (χ1n) is 13.7. The van der Waals surface area contributed by atoms with Gasteiger partial charge in [0.05, 0.1) is 11.4 Å². The predicted octanol–water partition coefficient (Wildman–Crippen LogP) is 9.60. The zero-order valence-electron chi connectivity index (χ0n) is 23.5. The minimum Gasteiger partial charge on any atom is -0.507 e. The Hall–Kier alpha value is -5.12. The van der Waals surface area contributed by atoms with E-state index in [9.17, 15) is 10.2 Å². The number of benzene rings is 6. The molecule has 0 atom stereocenters. The van der Waals surface area contributed by atoms with Gasteiger partial charge in [-0.1, -0.05) is 109 Å². The zero-order valence-corrected chi connectivity index (χ0v) is 26.5. The minimum atomic E-state index is 0. The smallest absolute Gasteiger partial charge is 0.124 e. The van der Waals surface area contributed by atoms with E-state index >= 15 is 0 Å². The van der Waals surface area contributed by atoms with E-state index < -0.39 is 0 Å². The van der Waals surface area contributed by atoms with Crippen LogP contribution in [-0.2, 0) is 19.5 Å². The molecule has 0 spiro atoms. The summed E-state index contributed by atoms with van der Waals surface area (Å²) in [4.78, 5) is 9.75. The molecule has 5 heteroatoms. The van der Waals surface area contributed by atoms with Crippen LogP contribution in [0.3, 0.4) is 0 Å². The van der Waals surface area contributed by atoms with Gasteiger partial charge < -0.3 is 10.2 Å². The van der Waals surface area contributed by atoms with Crippen LogP contribution in [0.2, 0.25) is 0 Å². The summed E-state index contributed by atoms with van der Waals surface area (Å²) in [6.07, 6.45) is 3.37. The zero-order chi connectivity index (χ0) is 28.7. The van der Waals surface area contributed by atoms with Gasteiger partial charge in [-0.3, -0.25) is 9.98 Å². The van der Waals surface area contributed by atoms with Crippen molar-refractivity contribution in [2.45, 2.75) is 0 Å². The summed E-state index contributed by atoms with van der Waals surface area (Å²) in [6, 6.07) is 47.1. The second-order valence-corrected chi connectivity index (χ2v) is 9.83. The van der Waals surface area contributed by atoms with E-state index in [2.05, 4.69) is 60.7 Å². The predicted molar refractivity (Wildman–Crippen MR) is 173 cm³/mol. The van der Waals surface area contributed by atoms with Crippen LogP contribution in [-0.4, -0.2) is 22.6 Å². The molecule has 0 aliphatic rings. The second-order valence-electron chi connectivity index (χ2n) is 9.83. The molecule has 0 saturated carbocycles. The number of phenolic OH excluding ortho intramolecular Hbond substituents is 2. The quantitative estimate of drug-likeness (QED) is 0.140.